The van der Waals surface area contributed by atoms with E-state index in [2.05, 4.69) is 67.2 Å². The van der Waals surface area contributed by atoms with Crippen LogP contribution in [0.5, 0.6) is 0 Å². The molecule has 0 unspecified atom stereocenters. The summed E-state index contributed by atoms with van der Waals surface area (Å²) in [6.07, 6.45) is 4.31. The fraction of sp³-hybridized carbons (Fsp3) is 0.231. The topological polar surface area (TPSA) is 4.93 Å². The molecule has 0 saturated carbocycles. The fourth-order valence-electron chi connectivity index (χ4n) is 1.67. The number of aryl methyl sites for hydroxylation is 1. The molecule has 0 N–H and O–H groups in total. The highest BCUT2D eigenvalue weighted by Gasteiger charge is 2.05. The van der Waals surface area contributed by atoms with Gasteiger partial charge in [0.1, 0.15) is 0 Å². The van der Waals surface area contributed by atoms with Crippen molar-refractivity contribution in [3.05, 3.63) is 59.9 Å². The van der Waals surface area contributed by atoms with Crippen molar-refractivity contribution in [2.24, 2.45) is 0 Å². The van der Waals surface area contributed by atoms with Gasteiger partial charge in [-0.2, -0.15) is 0 Å². The standard InChI is InChI=1S/C13H15N/c1-11-8-9-14(10-11)12(2)13-6-4-3-5-7-13/h3-10,12H,1-2H3/t12-/m0/s1. The highest BCUT2D eigenvalue weighted by Crippen LogP contribution is 2.17. The SMILES string of the molecule is Cc1ccn([C@@H](C)c2ccccc2)c1. The summed E-state index contributed by atoms with van der Waals surface area (Å²) in [6.45, 7) is 4.34. The van der Waals surface area contributed by atoms with E-state index in [1.165, 1.54) is 11.1 Å². The summed E-state index contributed by atoms with van der Waals surface area (Å²) < 4.78 is 2.24. The fourth-order valence-corrected chi connectivity index (χ4v) is 1.67. The molecule has 0 bridgehead atoms. The van der Waals surface area contributed by atoms with Gasteiger partial charge >= 0.3 is 0 Å². The summed E-state index contributed by atoms with van der Waals surface area (Å²) in [5.74, 6) is 0. The molecule has 1 atom stereocenters. The van der Waals surface area contributed by atoms with Crippen molar-refractivity contribution in [2.75, 3.05) is 0 Å². The number of hydrogen-bond donors (Lipinski definition) is 0. The first-order valence-corrected chi connectivity index (χ1v) is 4.96. The van der Waals surface area contributed by atoms with Crippen molar-refractivity contribution >= 4 is 0 Å². The van der Waals surface area contributed by atoms with Crippen molar-refractivity contribution in [1.82, 2.24) is 4.57 Å². The average Bonchev–Trinajstić information content (AvgIpc) is 2.65. The van der Waals surface area contributed by atoms with Crippen LogP contribution in [0.3, 0.4) is 0 Å². The van der Waals surface area contributed by atoms with Gasteiger partial charge in [-0.15, -0.1) is 0 Å². The van der Waals surface area contributed by atoms with Crippen molar-refractivity contribution in [3.63, 3.8) is 0 Å². The van der Waals surface area contributed by atoms with Gasteiger partial charge in [0.15, 0.2) is 0 Å². The van der Waals surface area contributed by atoms with Gasteiger partial charge in [-0.1, -0.05) is 30.3 Å². The molecule has 2 rings (SSSR count). The van der Waals surface area contributed by atoms with Crippen LogP contribution in [0.1, 0.15) is 24.1 Å². The molecule has 1 heterocycles. The van der Waals surface area contributed by atoms with Crippen LogP contribution in [0, 0.1) is 6.92 Å². The quantitative estimate of drug-likeness (QED) is 0.675. The van der Waals surface area contributed by atoms with Crippen LogP contribution in [0.15, 0.2) is 48.8 Å². The van der Waals surface area contributed by atoms with E-state index in [1.807, 2.05) is 0 Å². The van der Waals surface area contributed by atoms with E-state index < -0.39 is 0 Å². The molecule has 0 aliphatic carbocycles. The highest BCUT2D eigenvalue weighted by molar-refractivity contribution is 5.20. The third-order valence-corrected chi connectivity index (χ3v) is 2.59. The second-order valence-electron chi connectivity index (χ2n) is 3.72. The van der Waals surface area contributed by atoms with E-state index in [0.29, 0.717) is 6.04 Å². The van der Waals surface area contributed by atoms with E-state index in [4.69, 9.17) is 0 Å². The molecule has 1 nitrogen and oxygen atoms in total. The molecule has 0 radical (unpaired) electrons. The first kappa shape index (κ1) is 9.07. The lowest BCUT2D eigenvalue weighted by molar-refractivity contribution is 0.642. The summed E-state index contributed by atoms with van der Waals surface area (Å²) in [5.41, 5.74) is 2.66. The van der Waals surface area contributed by atoms with Gasteiger partial charge in [-0.25, -0.2) is 0 Å². The zero-order valence-corrected chi connectivity index (χ0v) is 8.64. The molecule has 1 heteroatoms. The maximum Gasteiger partial charge on any atom is 0.0551 e. The molecule has 0 saturated heterocycles. The second kappa shape index (κ2) is 3.70. The van der Waals surface area contributed by atoms with Crippen molar-refractivity contribution in [2.45, 2.75) is 19.9 Å². The van der Waals surface area contributed by atoms with Crippen LogP contribution in [0.4, 0.5) is 0 Å². The van der Waals surface area contributed by atoms with Crippen molar-refractivity contribution in [1.29, 1.82) is 0 Å². The van der Waals surface area contributed by atoms with Gasteiger partial charge < -0.3 is 4.57 Å². The van der Waals surface area contributed by atoms with E-state index in [0.717, 1.165) is 0 Å². The minimum Gasteiger partial charge on any atom is -0.347 e. The second-order valence-corrected chi connectivity index (χ2v) is 3.72. The normalized spacial score (nSPS) is 12.7. The molecule has 0 amide bonds. The lowest BCUT2D eigenvalue weighted by atomic mass is 10.1. The zero-order chi connectivity index (χ0) is 9.97. The first-order chi connectivity index (χ1) is 6.77. The molecule has 72 valence electrons. The lowest BCUT2D eigenvalue weighted by Crippen LogP contribution is -2.03. The van der Waals surface area contributed by atoms with E-state index in [-0.39, 0.29) is 0 Å². The Balaban J connectivity index is 2.29. The predicted octanol–water partition coefficient (Wildman–Crippen LogP) is 3.41. The Morgan fingerprint density at radius 1 is 1.07 bits per heavy atom. The van der Waals surface area contributed by atoms with Gasteiger partial charge in [-0.3, -0.25) is 0 Å². The average molecular weight is 185 g/mol. The summed E-state index contributed by atoms with van der Waals surface area (Å²) in [4.78, 5) is 0. The lowest BCUT2D eigenvalue weighted by Gasteiger charge is -2.13. The van der Waals surface area contributed by atoms with Crippen molar-refractivity contribution in [3.8, 4) is 0 Å². The molecular formula is C13H15N. The summed E-state index contributed by atoms with van der Waals surface area (Å²) in [7, 11) is 0. The summed E-state index contributed by atoms with van der Waals surface area (Å²) >= 11 is 0. The third kappa shape index (κ3) is 1.72. The van der Waals surface area contributed by atoms with Crippen LogP contribution in [-0.2, 0) is 0 Å². The van der Waals surface area contributed by atoms with Gasteiger partial charge in [0.25, 0.3) is 0 Å². The Morgan fingerprint density at radius 3 is 2.36 bits per heavy atom. The number of aromatic nitrogens is 1. The molecule has 0 spiro atoms. The number of nitrogens with zero attached hydrogens (tertiary/aromatic N) is 1. The van der Waals surface area contributed by atoms with E-state index in [1.54, 1.807) is 0 Å². The molecule has 2 aromatic rings. The zero-order valence-electron chi connectivity index (χ0n) is 8.64. The van der Waals surface area contributed by atoms with Gasteiger partial charge in [0.05, 0.1) is 6.04 Å². The Labute approximate surface area is 85.0 Å². The molecular weight excluding hydrogens is 170 g/mol. The Bertz CT molecular complexity index is 400. The van der Waals surface area contributed by atoms with Gasteiger partial charge in [-0.05, 0) is 31.0 Å². The largest absolute Gasteiger partial charge is 0.347 e. The maximum absolute atomic E-state index is 2.24. The van der Waals surface area contributed by atoms with Crippen LogP contribution in [0.25, 0.3) is 0 Å². The number of rotatable bonds is 2. The molecule has 0 fully saturated rings. The van der Waals surface area contributed by atoms with Gasteiger partial charge in [0, 0.05) is 12.4 Å². The van der Waals surface area contributed by atoms with Crippen LogP contribution in [0.2, 0.25) is 0 Å². The van der Waals surface area contributed by atoms with Crippen LogP contribution < -0.4 is 0 Å². The molecule has 1 aromatic heterocycles. The number of benzene rings is 1. The van der Waals surface area contributed by atoms with Crippen molar-refractivity contribution < 1.29 is 0 Å². The number of hydrogen-bond acceptors (Lipinski definition) is 0. The van der Waals surface area contributed by atoms with Gasteiger partial charge in [0.2, 0.25) is 0 Å². The Kier molecular flexibility index (Phi) is 2.40. The van der Waals surface area contributed by atoms with E-state index >= 15 is 0 Å². The monoisotopic (exact) mass is 185 g/mol. The Hall–Kier alpha value is -1.50. The third-order valence-electron chi connectivity index (χ3n) is 2.59. The molecule has 0 aliphatic rings. The summed E-state index contributed by atoms with van der Waals surface area (Å²) in [6, 6.07) is 13.1. The maximum atomic E-state index is 2.24. The van der Waals surface area contributed by atoms with Crippen LogP contribution >= 0.6 is 0 Å². The smallest absolute Gasteiger partial charge is 0.0551 e. The Morgan fingerprint density at radius 2 is 1.79 bits per heavy atom. The minimum absolute atomic E-state index is 0.421. The molecule has 0 aliphatic heterocycles. The molecule has 14 heavy (non-hydrogen) atoms. The molecule has 1 aromatic carbocycles. The highest BCUT2D eigenvalue weighted by atomic mass is 15.0. The summed E-state index contributed by atoms with van der Waals surface area (Å²) in [5, 5.41) is 0. The minimum atomic E-state index is 0.421. The predicted molar refractivity (Wildman–Crippen MR) is 59.4 cm³/mol. The first-order valence-electron chi connectivity index (χ1n) is 4.96. The van der Waals surface area contributed by atoms with E-state index in [9.17, 15) is 0 Å². The van der Waals surface area contributed by atoms with Crippen LogP contribution in [-0.4, -0.2) is 4.57 Å².